The number of nitrogens with one attached hydrogen (secondary N) is 1. The number of carbonyl (C=O) groups excluding carboxylic acids is 1. The van der Waals surface area contributed by atoms with E-state index in [2.05, 4.69) is 10.5 Å². The van der Waals surface area contributed by atoms with E-state index in [1.54, 1.807) is 36.4 Å². The Hall–Kier alpha value is -2.47. The Labute approximate surface area is 170 Å². The highest BCUT2D eigenvalue weighted by Gasteiger charge is 2.11. The number of nitrogens with zero attached hydrogens (tertiary/aromatic N) is 1. The lowest BCUT2D eigenvalue weighted by atomic mass is 10.2. The van der Waals surface area contributed by atoms with E-state index in [0.717, 1.165) is 0 Å². The number of carbonyl (C=O) groups is 1. The Morgan fingerprint density at radius 3 is 2.56 bits per heavy atom. The molecule has 0 radical (unpaired) electrons. The minimum atomic E-state index is -0.394. The molecular weight excluding hydrogens is 411 g/mol. The van der Waals surface area contributed by atoms with Gasteiger partial charge in [0.25, 0.3) is 5.91 Å². The zero-order chi connectivity index (χ0) is 19.2. The predicted octanol–water partition coefficient (Wildman–Crippen LogP) is 5.44. The Morgan fingerprint density at radius 1 is 1.04 bits per heavy atom. The van der Waals surface area contributed by atoms with Gasteiger partial charge in [-0.1, -0.05) is 53.0 Å². The van der Waals surface area contributed by atoms with Crippen molar-refractivity contribution in [3.8, 4) is 17.1 Å². The Kier molecular flexibility index (Phi) is 6.40. The number of furan rings is 1. The summed E-state index contributed by atoms with van der Waals surface area (Å²) in [6.07, 6.45) is 1.37. The van der Waals surface area contributed by atoms with Crippen LogP contribution in [-0.2, 0) is 4.79 Å². The summed E-state index contributed by atoms with van der Waals surface area (Å²) >= 11 is 18.1. The molecule has 1 amide bonds. The summed E-state index contributed by atoms with van der Waals surface area (Å²) in [7, 11) is 0. The van der Waals surface area contributed by atoms with E-state index in [1.807, 2.05) is 18.2 Å². The van der Waals surface area contributed by atoms with Gasteiger partial charge in [0.1, 0.15) is 17.3 Å². The van der Waals surface area contributed by atoms with Gasteiger partial charge < -0.3 is 9.15 Å². The predicted molar refractivity (Wildman–Crippen MR) is 107 cm³/mol. The number of para-hydroxylation sites is 1. The molecule has 3 aromatic rings. The van der Waals surface area contributed by atoms with E-state index in [9.17, 15) is 4.79 Å². The van der Waals surface area contributed by atoms with Crippen molar-refractivity contribution in [1.82, 2.24) is 5.43 Å². The van der Waals surface area contributed by atoms with Gasteiger partial charge >= 0.3 is 0 Å². The molecule has 138 valence electrons. The largest absolute Gasteiger partial charge is 0.484 e. The second-order valence-corrected chi connectivity index (χ2v) is 6.56. The maximum atomic E-state index is 11.7. The normalized spacial score (nSPS) is 10.9. The van der Waals surface area contributed by atoms with E-state index >= 15 is 0 Å². The summed E-state index contributed by atoms with van der Waals surface area (Å²) in [4.78, 5) is 11.7. The third-order valence-corrected chi connectivity index (χ3v) is 4.43. The fourth-order valence-corrected chi connectivity index (χ4v) is 2.78. The SMILES string of the molecule is O=C(COc1ccccc1)N/N=C/c1ccc(-c2cc(Cl)c(Cl)cc2Cl)o1. The molecule has 0 fully saturated rings. The molecular formula is C19H13Cl3N2O3. The molecule has 0 bridgehead atoms. The van der Waals surface area contributed by atoms with Gasteiger partial charge in [-0.3, -0.25) is 4.79 Å². The average Bonchev–Trinajstić information content (AvgIpc) is 3.12. The van der Waals surface area contributed by atoms with E-state index in [4.69, 9.17) is 44.0 Å². The van der Waals surface area contributed by atoms with Crippen LogP contribution in [0.15, 0.2) is 64.1 Å². The highest BCUT2D eigenvalue weighted by Crippen LogP contribution is 2.35. The number of rotatable bonds is 6. The number of benzene rings is 2. The number of halogens is 3. The van der Waals surface area contributed by atoms with Crippen molar-refractivity contribution >= 4 is 46.9 Å². The zero-order valence-electron chi connectivity index (χ0n) is 13.8. The summed E-state index contributed by atoms with van der Waals surface area (Å²) in [5.74, 6) is 1.13. The molecule has 0 atom stereocenters. The van der Waals surface area contributed by atoms with Gasteiger partial charge in [0.2, 0.25) is 0 Å². The number of hydrogen-bond acceptors (Lipinski definition) is 4. The first-order valence-electron chi connectivity index (χ1n) is 7.77. The van der Waals surface area contributed by atoms with Crippen molar-refractivity contribution in [2.24, 2.45) is 5.10 Å². The quantitative estimate of drug-likeness (QED) is 0.326. The van der Waals surface area contributed by atoms with Gasteiger partial charge in [0, 0.05) is 5.56 Å². The molecule has 2 aromatic carbocycles. The van der Waals surface area contributed by atoms with Crippen molar-refractivity contribution < 1.29 is 13.9 Å². The lowest BCUT2D eigenvalue weighted by Crippen LogP contribution is -2.24. The summed E-state index contributed by atoms with van der Waals surface area (Å²) < 4.78 is 11.0. The standard InChI is InChI=1S/C19H13Cl3N2O3/c20-15-9-17(22)16(21)8-14(15)18-7-6-13(27-18)10-23-24-19(25)11-26-12-4-2-1-3-5-12/h1-10H,11H2,(H,24,25)/b23-10+. The summed E-state index contributed by atoms with van der Waals surface area (Å²) in [5.41, 5.74) is 2.96. The number of ether oxygens (including phenoxy) is 1. The fraction of sp³-hybridized carbons (Fsp3) is 0.0526. The van der Waals surface area contributed by atoms with Crippen LogP contribution >= 0.6 is 34.8 Å². The van der Waals surface area contributed by atoms with Crippen LogP contribution in [0.3, 0.4) is 0 Å². The first-order chi connectivity index (χ1) is 13.0. The van der Waals surface area contributed by atoms with E-state index in [0.29, 0.717) is 37.9 Å². The van der Waals surface area contributed by atoms with Crippen LogP contribution in [0.4, 0.5) is 0 Å². The Morgan fingerprint density at radius 2 is 1.78 bits per heavy atom. The van der Waals surface area contributed by atoms with Crippen LogP contribution < -0.4 is 10.2 Å². The third-order valence-electron chi connectivity index (χ3n) is 3.40. The first-order valence-corrected chi connectivity index (χ1v) is 8.91. The third kappa shape index (κ3) is 5.26. The number of hydrogen-bond donors (Lipinski definition) is 1. The molecule has 27 heavy (non-hydrogen) atoms. The molecule has 0 aliphatic carbocycles. The highest BCUT2D eigenvalue weighted by atomic mass is 35.5. The fourth-order valence-electron chi connectivity index (χ4n) is 2.14. The van der Waals surface area contributed by atoms with Gasteiger partial charge in [0.15, 0.2) is 6.61 Å². The molecule has 0 saturated heterocycles. The zero-order valence-corrected chi connectivity index (χ0v) is 16.1. The van der Waals surface area contributed by atoms with E-state index in [-0.39, 0.29) is 6.61 Å². The van der Waals surface area contributed by atoms with Gasteiger partial charge in [-0.25, -0.2) is 5.43 Å². The van der Waals surface area contributed by atoms with Crippen LogP contribution in [-0.4, -0.2) is 18.7 Å². The van der Waals surface area contributed by atoms with E-state index in [1.165, 1.54) is 6.21 Å². The monoisotopic (exact) mass is 422 g/mol. The van der Waals surface area contributed by atoms with Crippen LogP contribution in [0, 0.1) is 0 Å². The topological polar surface area (TPSA) is 63.8 Å². The van der Waals surface area contributed by atoms with Crippen LogP contribution in [0.25, 0.3) is 11.3 Å². The molecule has 0 spiro atoms. The number of amides is 1. The molecule has 5 nitrogen and oxygen atoms in total. The first kappa shape index (κ1) is 19.3. The summed E-state index contributed by atoms with van der Waals surface area (Å²) in [6.45, 7) is -0.149. The molecule has 0 aliphatic rings. The minimum absolute atomic E-state index is 0.149. The van der Waals surface area contributed by atoms with Gasteiger partial charge in [0.05, 0.1) is 21.3 Å². The van der Waals surface area contributed by atoms with Gasteiger partial charge in [-0.2, -0.15) is 5.10 Å². The van der Waals surface area contributed by atoms with Crippen molar-refractivity contribution in [1.29, 1.82) is 0 Å². The van der Waals surface area contributed by atoms with Crippen molar-refractivity contribution in [3.05, 3.63) is 75.4 Å². The molecule has 1 aromatic heterocycles. The Balaban J connectivity index is 1.57. The maximum Gasteiger partial charge on any atom is 0.277 e. The molecule has 0 aliphatic heterocycles. The molecule has 0 saturated carbocycles. The van der Waals surface area contributed by atoms with Crippen LogP contribution in [0.1, 0.15) is 5.76 Å². The van der Waals surface area contributed by atoms with Crippen LogP contribution in [0.2, 0.25) is 15.1 Å². The smallest absolute Gasteiger partial charge is 0.277 e. The van der Waals surface area contributed by atoms with Crippen molar-refractivity contribution in [2.75, 3.05) is 6.61 Å². The van der Waals surface area contributed by atoms with E-state index < -0.39 is 5.91 Å². The molecule has 3 rings (SSSR count). The minimum Gasteiger partial charge on any atom is -0.484 e. The maximum absolute atomic E-state index is 11.7. The highest BCUT2D eigenvalue weighted by molar-refractivity contribution is 6.44. The van der Waals surface area contributed by atoms with Gasteiger partial charge in [-0.15, -0.1) is 0 Å². The van der Waals surface area contributed by atoms with Crippen molar-refractivity contribution in [2.45, 2.75) is 0 Å². The Bertz CT molecular complexity index is 972. The average molecular weight is 424 g/mol. The lowest BCUT2D eigenvalue weighted by Gasteiger charge is -2.04. The lowest BCUT2D eigenvalue weighted by molar-refractivity contribution is -0.123. The van der Waals surface area contributed by atoms with Crippen molar-refractivity contribution in [3.63, 3.8) is 0 Å². The molecule has 0 unspecified atom stereocenters. The summed E-state index contributed by atoms with van der Waals surface area (Å²) in [6, 6.07) is 15.6. The molecule has 8 heteroatoms. The second kappa shape index (κ2) is 8.95. The van der Waals surface area contributed by atoms with Gasteiger partial charge in [-0.05, 0) is 36.4 Å². The summed E-state index contributed by atoms with van der Waals surface area (Å²) in [5, 5.41) is 4.98. The molecule has 1 N–H and O–H groups in total. The molecule has 1 heterocycles. The second-order valence-electron chi connectivity index (χ2n) is 5.34. The number of hydrazone groups is 1. The van der Waals surface area contributed by atoms with Crippen LogP contribution in [0.5, 0.6) is 5.75 Å².